The van der Waals surface area contributed by atoms with Gasteiger partial charge in [-0.3, -0.25) is 9.88 Å². The topological polar surface area (TPSA) is 104 Å². The average Bonchev–Trinajstić information content (AvgIpc) is 3.72. The summed E-state index contributed by atoms with van der Waals surface area (Å²) in [5.41, 5.74) is 4.57. The highest BCUT2D eigenvalue weighted by molar-refractivity contribution is 6.76. The molecule has 0 aliphatic carbocycles. The number of pyridine rings is 1. The van der Waals surface area contributed by atoms with Crippen LogP contribution >= 0.6 is 0 Å². The number of fused-ring (bicyclic) bond motifs is 3. The summed E-state index contributed by atoms with van der Waals surface area (Å²) in [6.07, 6.45) is 7.78. The highest BCUT2D eigenvalue weighted by Gasteiger charge is 2.53. The summed E-state index contributed by atoms with van der Waals surface area (Å²) in [4.78, 5) is 28.8. The zero-order chi connectivity index (χ0) is 47.5. The maximum absolute atomic E-state index is 14.2. The molecular formula is C52H82N6O5Si2. The fourth-order valence-electron chi connectivity index (χ4n) is 9.94. The summed E-state index contributed by atoms with van der Waals surface area (Å²) in [6.45, 7) is 35.9. The van der Waals surface area contributed by atoms with Crippen LogP contribution in [-0.4, -0.2) is 103 Å². The monoisotopic (exact) mass is 927 g/mol. The van der Waals surface area contributed by atoms with Crippen LogP contribution in [0.5, 0.6) is 0 Å². The molecule has 11 nitrogen and oxygen atoms in total. The summed E-state index contributed by atoms with van der Waals surface area (Å²) < 4.78 is 28.4. The fourth-order valence-corrected chi connectivity index (χ4v) is 11.5. The van der Waals surface area contributed by atoms with Gasteiger partial charge in [0.25, 0.3) is 0 Å². The normalized spacial score (nSPS) is 20.1. The van der Waals surface area contributed by atoms with Gasteiger partial charge in [0, 0.05) is 76.0 Å². The lowest BCUT2D eigenvalue weighted by Gasteiger charge is -2.45. The first-order chi connectivity index (χ1) is 30.3. The second-order valence-corrected chi connectivity index (χ2v) is 35.1. The third-order valence-corrected chi connectivity index (χ3v) is 16.5. The number of nitrogens with zero attached hydrogens (tertiary/aromatic N) is 6. The van der Waals surface area contributed by atoms with Gasteiger partial charge in [0.15, 0.2) is 5.65 Å². The Balaban J connectivity index is 1.42. The second-order valence-electron chi connectivity index (χ2n) is 23.8. The van der Waals surface area contributed by atoms with Crippen molar-refractivity contribution in [3.63, 3.8) is 0 Å². The van der Waals surface area contributed by atoms with E-state index in [9.17, 15) is 4.79 Å². The van der Waals surface area contributed by atoms with Crippen molar-refractivity contribution < 1.29 is 23.7 Å². The molecule has 2 aliphatic heterocycles. The van der Waals surface area contributed by atoms with Crippen molar-refractivity contribution in [3.05, 3.63) is 66.6 Å². The molecule has 6 rings (SSSR count). The lowest BCUT2D eigenvalue weighted by Crippen LogP contribution is -2.52. The Morgan fingerprint density at radius 1 is 0.831 bits per heavy atom. The first kappa shape index (κ1) is 50.8. The van der Waals surface area contributed by atoms with Crippen molar-refractivity contribution in [2.75, 3.05) is 31.6 Å². The van der Waals surface area contributed by atoms with Crippen LogP contribution in [0.4, 0.5) is 10.6 Å². The molecule has 2 saturated heterocycles. The highest BCUT2D eigenvalue weighted by atomic mass is 28.3. The third-order valence-electron chi connectivity index (χ3n) is 13.1. The van der Waals surface area contributed by atoms with Crippen molar-refractivity contribution in [1.29, 1.82) is 0 Å². The van der Waals surface area contributed by atoms with E-state index in [0.717, 1.165) is 77.3 Å². The van der Waals surface area contributed by atoms with Crippen LogP contribution in [0, 0.1) is 11.3 Å². The van der Waals surface area contributed by atoms with E-state index in [1.54, 1.807) is 0 Å². The summed E-state index contributed by atoms with van der Waals surface area (Å²) in [5, 5.41) is 5.03. The predicted molar refractivity (Wildman–Crippen MR) is 271 cm³/mol. The standard InChI is InChI=1S/C52H82N6O5Si2/c1-16-20-46(50(2,3)4)52(8,9)62-45-31-40-29-39(30-44(45)57(40)49(59)63-51(5,6)7)43-32-47(56(35-60-25-27-64(10,11)12)36-61-26-28-65(13,14)15)58-48(55-43)41(34-54-58)38-23-24-42(53-33-38)37-21-18-17-19-22-37/h17-19,21-24,32-34,39-40,44-46H,16,20,25-31,35-36H2,1-15H3. The molecule has 13 heteroatoms. The van der Waals surface area contributed by atoms with Crippen molar-refractivity contribution >= 4 is 33.7 Å². The van der Waals surface area contributed by atoms with Gasteiger partial charge in [-0.1, -0.05) is 110 Å². The van der Waals surface area contributed by atoms with E-state index in [4.69, 9.17) is 34.0 Å². The van der Waals surface area contributed by atoms with E-state index in [1.807, 2.05) is 60.8 Å². The van der Waals surface area contributed by atoms with Crippen LogP contribution in [-0.2, 0) is 18.9 Å². The lowest BCUT2D eigenvalue weighted by atomic mass is 9.69. The minimum Gasteiger partial charge on any atom is -0.444 e. The number of aromatic nitrogens is 4. The van der Waals surface area contributed by atoms with E-state index >= 15 is 0 Å². The van der Waals surface area contributed by atoms with Gasteiger partial charge in [-0.25, -0.2) is 9.78 Å². The minimum atomic E-state index is -1.32. The Labute approximate surface area is 393 Å². The summed E-state index contributed by atoms with van der Waals surface area (Å²) in [5.74, 6) is 1.25. The van der Waals surface area contributed by atoms with Crippen LogP contribution in [0.1, 0.15) is 106 Å². The molecule has 2 fully saturated rings. The van der Waals surface area contributed by atoms with Gasteiger partial charge in [0.05, 0.1) is 29.6 Å². The molecule has 2 aliphatic rings. The quantitative estimate of drug-likeness (QED) is 0.0516. The maximum atomic E-state index is 14.2. The second kappa shape index (κ2) is 20.3. The first-order valence-electron chi connectivity index (χ1n) is 24.3. The van der Waals surface area contributed by atoms with Gasteiger partial charge in [0.1, 0.15) is 24.9 Å². The maximum Gasteiger partial charge on any atom is 0.410 e. The van der Waals surface area contributed by atoms with Crippen molar-refractivity contribution in [3.8, 4) is 22.4 Å². The lowest BCUT2D eigenvalue weighted by molar-refractivity contribution is -0.139. The molecule has 5 unspecified atom stereocenters. The SMILES string of the molecule is CCCC(C(C)(C)C)C(C)(C)OC1CC2CC(c3cc(N(COCC[Si](C)(C)C)COCC[Si](C)(C)C)n4ncc(-c5ccc(-c6ccccc6)nc5)c4n3)CC1N2C(=O)OC(C)(C)C. The zero-order valence-corrected chi connectivity index (χ0v) is 44.7. The van der Waals surface area contributed by atoms with Crippen LogP contribution in [0.2, 0.25) is 51.4 Å². The molecule has 358 valence electrons. The smallest absolute Gasteiger partial charge is 0.410 e. The highest BCUT2D eigenvalue weighted by Crippen LogP contribution is 2.49. The van der Waals surface area contributed by atoms with Crippen LogP contribution < -0.4 is 4.90 Å². The molecule has 0 saturated carbocycles. The zero-order valence-electron chi connectivity index (χ0n) is 42.7. The van der Waals surface area contributed by atoms with E-state index in [1.165, 1.54) is 0 Å². The van der Waals surface area contributed by atoms with E-state index < -0.39 is 27.3 Å². The van der Waals surface area contributed by atoms with Crippen LogP contribution in [0.25, 0.3) is 28.0 Å². The average molecular weight is 927 g/mol. The molecule has 5 heterocycles. The van der Waals surface area contributed by atoms with Crippen molar-refractivity contribution in [2.45, 2.75) is 181 Å². The number of hydrogen-bond acceptors (Lipinski definition) is 9. The number of ether oxygens (including phenoxy) is 4. The van der Waals surface area contributed by atoms with Crippen molar-refractivity contribution in [1.82, 2.24) is 24.5 Å². The number of carbonyl (C=O) groups is 1. The molecule has 0 radical (unpaired) electrons. The molecule has 3 aromatic heterocycles. The van der Waals surface area contributed by atoms with Crippen LogP contribution in [0.15, 0.2) is 60.9 Å². The Hall–Kier alpha value is -3.63. The molecule has 0 N–H and O–H groups in total. The minimum absolute atomic E-state index is 0.0435. The third kappa shape index (κ3) is 13.3. The molecular weight excluding hydrogens is 845 g/mol. The largest absolute Gasteiger partial charge is 0.444 e. The fraction of sp³-hybridized carbons (Fsp3) is 0.654. The molecule has 0 spiro atoms. The molecule has 2 bridgehead atoms. The molecule has 1 aromatic carbocycles. The van der Waals surface area contributed by atoms with Crippen molar-refractivity contribution in [2.24, 2.45) is 11.3 Å². The Morgan fingerprint density at radius 2 is 1.48 bits per heavy atom. The van der Waals surface area contributed by atoms with E-state index in [0.29, 0.717) is 39.0 Å². The predicted octanol–water partition coefficient (Wildman–Crippen LogP) is 12.8. The van der Waals surface area contributed by atoms with Gasteiger partial charge in [-0.2, -0.15) is 9.61 Å². The Kier molecular flexibility index (Phi) is 15.9. The van der Waals surface area contributed by atoms with Crippen LogP contribution in [0.3, 0.4) is 0 Å². The molecule has 1 amide bonds. The Morgan fingerprint density at radius 3 is 2.03 bits per heavy atom. The van der Waals surface area contributed by atoms with Gasteiger partial charge in [-0.05, 0) is 89.8 Å². The molecule has 4 aromatic rings. The van der Waals surface area contributed by atoms with Gasteiger partial charge in [0.2, 0.25) is 0 Å². The number of amides is 1. The summed E-state index contributed by atoms with van der Waals surface area (Å²) in [6, 6.07) is 18.5. The van der Waals surface area contributed by atoms with Gasteiger partial charge in [-0.15, -0.1) is 0 Å². The number of benzene rings is 1. The first-order valence-corrected chi connectivity index (χ1v) is 31.7. The number of carbonyl (C=O) groups excluding carboxylic acids is 1. The number of anilines is 1. The number of hydrogen-bond donors (Lipinski definition) is 0. The number of rotatable bonds is 19. The summed E-state index contributed by atoms with van der Waals surface area (Å²) >= 11 is 0. The molecule has 5 atom stereocenters. The van der Waals surface area contributed by atoms with Gasteiger partial charge >= 0.3 is 6.09 Å². The molecule has 65 heavy (non-hydrogen) atoms. The summed E-state index contributed by atoms with van der Waals surface area (Å²) in [7, 11) is -2.64. The van der Waals surface area contributed by atoms with Gasteiger partial charge < -0.3 is 23.8 Å². The van der Waals surface area contributed by atoms with E-state index in [2.05, 4.69) is 116 Å². The number of piperidine rings is 1. The van der Waals surface area contributed by atoms with E-state index in [-0.39, 0.29) is 35.6 Å². The Bertz CT molecular complexity index is 2150.